The summed E-state index contributed by atoms with van der Waals surface area (Å²) >= 11 is 0. The molecule has 1 amide bonds. The maximum Gasteiger partial charge on any atom is 0.275 e. The summed E-state index contributed by atoms with van der Waals surface area (Å²) in [4.78, 5) is 26.1. The predicted octanol–water partition coefficient (Wildman–Crippen LogP) is 0.549. The van der Waals surface area contributed by atoms with E-state index in [0.717, 1.165) is 6.54 Å². The second kappa shape index (κ2) is 6.09. The van der Waals surface area contributed by atoms with Gasteiger partial charge in [-0.3, -0.25) is 9.59 Å². The average Bonchev–Trinajstić information content (AvgIpc) is 2.79. The third kappa shape index (κ3) is 3.30. The van der Waals surface area contributed by atoms with E-state index in [4.69, 9.17) is 0 Å². The van der Waals surface area contributed by atoms with E-state index >= 15 is 0 Å². The molecule has 0 aliphatic carbocycles. The minimum atomic E-state index is -0.276. The number of carbonyl (C=O) groups excluding carboxylic acids is 1. The molecule has 2 heterocycles. The summed E-state index contributed by atoms with van der Waals surface area (Å²) in [7, 11) is 3.88. The molecular formula is C14H21N5O2. The van der Waals surface area contributed by atoms with Gasteiger partial charge in [0.25, 0.3) is 11.5 Å². The molecular weight excluding hydrogens is 270 g/mol. The van der Waals surface area contributed by atoms with Crippen molar-refractivity contribution in [2.75, 3.05) is 27.2 Å². The van der Waals surface area contributed by atoms with Crippen molar-refractivity contribution in [3.05, 3.63) is 28.3 Å². The van der Waals surface area contributed by atoms with E-state index in [1.807, 2.05) is 37.4 Å². The maximum atomic E-state index is 12.3. The summed E-state index contributed by atoms with van der Waals surface area (Å²) < 4.78 is 1.85. The molecule has 0 fully saturated rings. The number of pyridine rings is 1. The van der Waals surface area contributed by atoms with Crippen LogP contribution in [0.1, 0.15) is 30.2 Å². The molecule has 7 heteroatoms. The van der Waals surface area contributed by atoms with E-state index in [0.29, 0.717) is 23.4 Å². The highest BCUT2D eigenvalue weighted by molar-refractivity contribution is 5.99. The van der Waals surface area contributed by atoms with Gasteiger partial charge in [0, 0.05) is 31.5 Å². The van der Waals surface area contributed by atoms with Crippen LogP contribution >= 0.6 is 0 Å². The monoisotopic (exact) mass is 291 g/mol. The van der Waals surface area contributed by atoms with Gasteiger partial charge in [-0.2, -0.15) is 5.10 Å². The lowest BCUT2D eigenvalue weighted by molar-refractivity contribution is 0.0950. The van der Waals surface area contributed by atoms with Crippen molar-refractivity contribution in [1.29, 1.82) is 0 Å². The zero-order valence-electron chi connectivity index (χ0n) is 12.8. The number of likely N-dealkylation sites (N-methyl/N-ethyl adjacent to an activating group) is 1. The Kier molecular flexibility index (Phi) is 4.42. The highest BCUT2D eigenvalue weighted by Gasteiger charge is 2.21. The van der Waals surface area contributed by atoms with Crippen molar-refractivity contribution in [2.24, 2.45) is 0 Å². The number of aromatic amines is 1. The summed E-state index contributed by atoms with van der Waals surface area (Å²) in [6.07, 6.45) is 3.46. The first-order valence-corrected chi connectivity index (χ1v) is 6.93. The second-order valence-electron chi connectivity index (χ2n) is 5.59. The topological polar surface area (TPSA) is 83.0 Å². The Morgan fingerprint density at radius 3 is 2.76 bits per heavy atom. The molecule has 0 saturated carbocycles. The Balaban J connectivity index is 2.33. The van der Waals surface area contributed by atoms with Gasteiger partial charge in [0.05, 0.1) is 11.1 Å². The van der Waals surface area contributed by atoms with Crippen LogP contribution in [0.15, 0.2) is 17.2 Å². The summed E-state index contributed by atoms with van der Waals surface area (Å²) in [5.41, 5.74) is 0.990. The lowest BCUT2D eigenvalue weighted by Crippen LogP contribution is -2.32. The Hall–Kier alpha value is -2.15. The first-order valence-electron chi connectivity index (χ1n) is 6.93. The quantitative estimate of drug-likeness (QED) is 0.842. The Bertz CT molecular complexity index is 656. The molecule has 0 aromatic rings. The Morgan fingerprint density at radius 1 is 1.43 bits per heavy atom. The van der Waals surface area contributed by atoms with Crippen LogP contribution in [0, 0.1) is 0 Å². The minimum Gasteiger partial charge on any atom is -0.351 e. The van der Waals surface area contributed by atoms with E-state index in [1.165, 1.54) is 0 Å². The standard InChI is InChI=1S/C14H21N5O2/c1-9(2)19-7-10(13(20)15-5-6-18(3)4)12-11(8-19)14(21)17-16-12/h7-9H,5-6H2,1-4H3,(H,15,20)(H,17,21). The third-order valence-electron chi connectivity index (χ3n) is 3.27. The molecule has 0 aromatic carbocycles. The average molecular weight is 291 g/mol. The lowest BCUT2D eigenvalue weighted by Gasteiger charge is -2.16. The fourth-order valence-corrected chi connectivity index (χ4v) is 2.01. The molecule has 0 bridgehead atoms. The molecule has 7 nitrogen and oxygen atoms in total. The number of fused-ring (bicyclic) bond motifs is 1. The summed E-state index contributed by atoms with van der Waals surface area (Å²) in [6, 6.07) is 0.150. The van der Waals surface area contributed by atoms with E-state index < -0.39 is 0 Å². The molecule has 0 saturated heterocycles. The summed E-state index contributed by atoms with van der Waals surface area (Å²) in [6.45, 7) is 5.27. The molecule has 0 aromatic heterocycles. The van der Waals surface area contributed by atoms with Gasteiger partial charge in [0.1, 0.15) is 5.69 Å². The van der Waals surface area contributed by atoms with Crippen LogP contribution in [0.4, 0.5) is 0 Å². The number of amides is 1. The first-order chi connectivity index (χ1) is 9.90. The van der Waals surface area contributed by atoms with E-state index in [-0.39, 0.29) is 17.5 Å². The van der Waals surface area contributed by atoms with Gasteiger partial charge < -0.3 is 14.8 Å². The number of hydrogen-bond acceptors (Lipinski definition) is 4. The van der Waals surface area contributed by atoms with Crippen LogP contribution in [0.25, 0.3) is 11.3 Å². The predicted molar refractivity (Wildman–Crippen MR) is 80.7 cm³/mol. The lowest BCUT2D eigenvalue weighted by atomic mass is 10.1. The van der Waals surface area contributed by atoms with Gasteiger partial charge in [0.2, 0.25) is 0 Å². The molecule has 0 spiro atoms. The normalized spacial score (nSPS) is 11.5. The number of hydrogen-bond donors (Lipinski definition) is 2. The number of rotatable bonds is 5. The smallest absolute Gasteiger partial charge is 0.275 e. The van der Waals surface area contributed by atoms with E-state index in [1.54, 1.807) is 12.4 Å². The molecule has 2 rings (SSSR count). The van der Waals surface area contributed by atoms with Crippen molar-refractivity contribution in [3.63, 3.8) is 0 Å². The van der Waals surface area contributed by atoms with Crippen molar-refractivity contribution < 1.29 is 4.79 Å². The zero-order valence-corrected chi connectivity index (χ0v) is 12.8. The highest BCUT2D eigenvalue weighted by atomic mass is 16.2. The molecule has 0 atom stereocenters. The first kappa shape index (κ1) is 15.2. The van der Waals surface area contributed by atoms with E-state index in [2.05, 4.69) is 15.5 Å². The molecule has 2 aliphatic rings. The van der Waals surface area contributed by atoms with Gasteiger partial charge >= 0.3 is 0 Å². The number of nitrogens with one attached hydrogen (secondary N) is 2. The van der Waals surface area contributed by atoms with Crippen LogP contribution < -0.4 is 10.9 Å². The van der Waals surface area contributed by atoms with Gasteiger partial charge in [-0.05, 0) is 27.9 Å². The Morgan fingerprint density at radius 2 is 2.14 bits per heavy atom. The molecule has 0 radical (unpaired) electrons. The van der Waals surface area contributed by atoms with Crippen molar-refractivity contribution in [3.8, 4) is 11.3 Å². The fraction of sp³-hybridized carbons (Fsp3) is 0.500. The van der Waals surface area contributed by atoms with Crippen LogP contribution in [-0.4, -0.2) is 52.8 Å². The molecule has 2 N–H and O–H groups in total. The van der Waals surface area contributed by atoms with Crippen molar-refractivity contribution in [2.45, 2.75) is 19.9 Å². The number of H-pyrrole nitrogens is 1. The zero-order chi connectivity index (χ0) is 15.6. The number of carbonyl (C=O) groups is 1. The van der Waals surface area contributed by atoms with Crippen LogP contribution in [-0.2, 0) is 0 Å². The van der Waals surface area contributed by atoms with Crippen LogP contribution in [0.2, 0.25) is 0 Å². The van der Waals surface area contributed by atoms with Gasteiger partial charge in [0.15, 0.2) is 0 Å². The molecule has 114 valence electrons. The number of aromatic nitrogens is 3. The van der Waals surface area contributed by atoms with Gasteiger partial charge in [-0.15, -0.1) is 0 Å². The van der Waals surface area contributed by atoms with Crippen molar-refractivity contribution in [1.82, 2.24) is 25.0 Å². The largest absolute Gasteiger partial charge is 0.351 e. The Labute approximate surface area is 123 Å². The third-order valence-corrected chi connectivity index (χ3v) is 3.27. The summed E-state index contributed by atoms with van der Waals surface area (Å²) in [5.74, 6) is -0.219. The minimum absolute atomic E-state index is 0.150. The number of nitrogens with zero attached hydrogens (tertiary/aromatic N) is 3. The second-order valence-corrected chi connectivity index (χ2v) is 5.59. The van der Waals surface area contributed by atoms with Gasteiger partial charge in [-0.25, -0.2) is 5.10 Å². The van der Waals surface area contributed by atoms with Crippen molar-refractivity contribution >= 4 is 5.91 Å². The fourth-order valence-electron chi connectivity index (χ4n) is 2.01. The van der Waals surface area contributed by atoms with E-state index in [9.17, 15) is 9.59 Å². The maximum absolute atomic E-state index is 12.3. The molecule has 21 heavy (non-hydrogen) atoms. The van der Waals surface area contributed by atoms with Crippen LogP contribution in [0.5, 0.6) is 0 Å². The van der Waals surface area contributed by atoms with Crippen LogP contribution in [0.3, 0.4) is 0 Å². The molecule has 2 aliphatic heterocycles. The summed E-state index contributed by atoms with van der Waals surface area (Å²) in [5, 5.41) is 9.21. The highest BCUT2D eigenvalue weighted by Crippen LogP contribution is 2.21. The SMILES string of the molecule is CC(C)n1cc(C(=O)NCCN(C)C)c2n[nH]c(=O)c-2c1. The van der Waals surface area contributed by atoms with Gasteiger partial charge in [-0.1, -0.05) is 0 Å². The molecule has 0 unspecified atom stereocenters.